The summed E-state index contributed by atoms with van der Waals surface area (Å²) in [5.74, 6) is -0.158. The van der Waals surface area contributed by atoms with Crippen LogP contribution in [-0.2, 0) is 0 Å². The molecule has 2 N–H and O–H groups in total. The summed E-state index contributed by atoms with van der Waals surface area (Å²) < 4.78 is 5.40. The maximum atomic E-state index is 12.9. The molecule has 7 heteroatoms. The number of carbonyl (C=O) groups excluding carboxylic acids is 2. The number of hydrogen-bond acceptors (Lipinski definition) is 5. The van der Waals surface area contributed by atoms with Crippen molar-refractivity contribution in [2.45, 2.75) is 6.92 Å². The number of hydrogen-bond donors (Lipinski definition) is 2. The highest BCUT2D eigenvalue weighted by molar-refractivity contribution is 6.08. The van der Waals surface area contributed by atoms with Gasteiger partial charge in [0.25, 0.3) is 11.8 Å². The first kappa shape index (κ1) is 20.0. The SMILES string of the molecule is COc1cc(NC(=O)c2cc3ccccc3nc2C)ccc1NC(=O)c1cccnc1. The van der Waals surface area contributed by atoms with Crippen LogP contribution in [-0.4, -0.2) is 28.9 Å². The number of benzene rings is 2. The second-order valence-corrected chi connectivity index (χ2v) is 6.88. The summed E-state index contributed by atoms with van der Waals surface area (Å²) in [6.07, 6.45) is 3.08. The lowest BCUT2D eigenvalue weighted by atomic mass is 10.1. The highest BCUT2D eigenvalue weighted by atomic mass is 16.5. The van der Waals surface area contributed by atoms with Crippen LogP contribution in [0, 0.1) is 6.92 Å². The lowest BCUT2D eigenvalue weighted by molar-refractivity contribution is 0.101. The molecule has 0 unspecified atom stereocenters. The second-order valence-electron chi connectivity index (χ2n) is 6.88. The molecule has 0 radical (unpaired) electrons. The van der Waals surface area contributed by atoms with Crippen molar-refractivity contribution < 1.29 is 14.3 Å². The number of aromatic nitrogens is 2. The molecular weight excluding hydrogens is 392 g/mol. The Morgan fingerprint density at radius 2 is 1.77 bits per heavy atom. The van der Waals surface area contributed by atoms with Gasteiger partial charge in [0.2, 0.25) is 0 Å². The number of ether oxygens (including phenoxy) is 1. The number of fused-ring (bicyclic) bond motifs is 1. The standard InChI is InChI=1S/C24H20N4O3/c1-15-19(12-16-6-3-4-8-20(16)26-15)24(30)27-18-9-10-21(22(13-18)31-2)28-23(29)17-7-5-11-25-14-17/h3-14H,1-2H3,(H,27,30)(H,28,29). The van der Waals surface area contributed by atoms with Crippen LogP contribution in [0.4, 0.5) is 11.4 Å². The van der Waals surface area contributed by atoms with Crippen molar-refractivity contribution in [2.75, 3.05) is 17.7 Å². The van der Waals surface area contributed by atoms with Crippen molar-refractivity contribution in [2.24, 2.45) is 0 Å². The Morgan fingerprint density at radius 3 is 2.55 bits per heavy atom. The van der Waals surface area contributed by atoms with Gasteiger partial charge < -0.3 is 15.4 Å². The quantitative estimate of drug-likeness (QED) is 0.505. The summed E-state index contributed by atoms with van der Waals surface area (Å²) in [6.45, 7) is 1.80. The minimum atomic E-state index is -0.305. The van der Waals surface area contributed by atoms with E-state index in [1.54, 1.807) is 43.5 Å². The molecule has 0 atom stereocenters. The van der Waals surface area contributed by atoms with E-state index in [1.807, 2.05) is 30.3 Å². The van der Waals surface area contributed by atoms with Crippen LogP contribution in [0.1, 0.15) is 26.4 Å². The van der Waals surface area contributed by atoms with Gasteiger partial charge in [0.15, 0.2) is 0 Å². The van der Waals surface area contributed by atoms with Crippen LogP contribution >= 0.6 is 0 Å². The fourth-order valence-electron chi connectivity index (χ4n) is 3.20. The maximum absolute atomic E-state index is 12.9. The summed E-state index contributed by atoms with van der Waals surface area (Å²) in [7, 11) is 1.50. The smallest absolute Gasteiger partial charge is 0.257 e. The third-order valence-electron chi connectivity index (χ3n) is 4.79. The molecule has 2 aromatic carbocycles. The molecule has 7 nitrogen and oxygen atoms in total. The predicted octanol–water partition coefficient (Wildman–Crippen LogP) is 4.45. The van der Waals surface area contributed by atoms with E-state index in [0.717, 1.165) is 10.9 Å². The highest BCUT2D eigenvalue weighted by Crippen LogP contribution is 2.29. The first-order valence-electron chi connectivity index (χ1n) is 9.62. The Hall–Kier alpha value is -4.26. The average Bonchev–Trinajstić information content (AvgIpc) is 2.80. The molecule has 4 rings (SSSR count). The van der Waals surface area contributed by atoms with Gasteiger partial charge in [-0.2, -0.15) is 0 Å². The highest BCUT2D eigenvalue weighted by Gasteiger charge is 2.14. The molecule has 31 heavy (non-hydrogen) atoms. The van der Waals surface area contributed by atoms with Crippen LogP contribution in [0.2, 0.25) is 0 Å². The monoisotopic (exact) mass is 412 g/mol. The number of nitrogens with one attached hydrogen (secondary N) is 2. The fourth-order valence-corrected chi connectivity index (χ4v) is 3.20. The van der Waals surface area contributed by atoms with Crippen molar-refractivity contribution >= 4 is 34.1 Å². The third-order valence-corrected chi connectivity index (χ3v) is 4.79. The van der Waals surface area contributed by atoms with Crippen LogP contribution in [0.25, 0.3) is 10.9 Å². The lowest BCUT2D eigenvalue weighted by Gasteiger charge is -2.13. The van der Waals surface area contributed by atoms with E-state index < -0.39 is 0 Å². The number of nitrogens with zero attached hydrogens (tertiary/aromatic N) is 2. The normalized spacial score (nSPS) is 10.5. The zero-order chi connectivity index (χ0) is 21.8. The number of anilines is 2. The number of carbonyl (C=O) groups is 2. The largest absolute Gasteiger partial charge is 0.494 e. The van der Waals surface area contributed by atoms with Gasteiger partial charge in [-0.1, -0.05) is 18.2 Å². The molecule has 2 heterocycles. The van der Waals surface area contributed by atoms with E-state index in [-0.39, 0.29) is 11.8 Å². The maximum Gasteiger partial charge on any atom is 0.257 e. The van der Waals surface area contributed by atoms with Crippen molar-refractivity contribution in [3.63, 3.8) is 0 Å². The summed E-state index contributed by atoms with van der Waals surface area (Å²) in [4.78, 5) is 33.7. The fraction of sp³-hybridized carbons (Fsp3) is 0.0833. The average molecular weight is 412 g/mol. The minimum absolute atomic E-state index is 0.273. The van der Waals surface area contributed by atoms with Crippen LogP contribution in [0.5, 0.6) is 5.75 Å². The molecule has 0 saturated carbocycles. The van der Waals surface area contributed by atoms with E-state index in [9.17, 15) is 9.59 Å². The van der Waals surface area contributed by atoms with Crippen LogP contribution in [0.15, 0.2) is 73.1 Å². The Bertz CT molecular complexity index is 1270. The molecule has 0 aliphatic heterocycles. The van der Waals surface area contributed by atoms with Gasteiger partial charge in [-0.3, -0.25) is 19.6 Å². The molecule has 2 amide bonds. The van der Waals surface area contributed by atoms with Gasteiger partial charge >= 0.3 is 0 Å². The van der Waals surface area contributed by atoms with Gasteiger partial charge in [0.05, 0.1) is 35.1 Å². The number of pyridine rings is 2. The zero-order valence-corrected chi connectivity index (χ0v) is 17.0. The molecule has 0 aliphatic carbocycles. The molecule has 0 fully saturated rings. The Labute approximate surface area is 179 Å². The molecule has 0 bridgehead atoms. The van der Waals surface area contributed by atoms with E-state index in [4.69, 9.17) is 4.74 Å². The predicted molar refractivity (Wildman–Crippen MR) is 120 cm³/mol. The van der Waals surface area contributed by atoms with Gasteiger partial charge in [0.1, 0.15) is 5.75 Å². The summed E-state index contributed by atoms with van der Waals surface area (Å²) in [6, 6.07) is 17.9. The first-order chi connectivity index (χ1) is 15.0. The zero-order valence-electron chi connectivity index (χ0n) is 17.0. The summed E-state index contributed by atoms with van der Waals surface area (Å²) in [5, 5.41) is 6.55. The van der Waals surface area contributed by atoms with Crippen molar-refractivity contribution in [3.8, 4) is 5.75 Å². The summed E-state index contributed by atoms with van der Waals surface area (Å²) >= 11 is 0. The Morgan fingerprint density at radius 1 is 0.935 bits per heavy atom. The van der Waals surface area contributed by atoms with E-state index in [0.29, 0.717) is 33.9 Å². The van der Waals surface area contributed by atoms with E-state index in [2.05, 4.69) is 20.6 Å². The van der Waals surface area contributed by atoms with Gasteiger partial charge in [0, 0.05) is 29.5 Å². The van der Waals surface area contributed by atoms with Crippen molar-refractivity contribution in [1.29, 1.82) is 0 Å². The molecule has 2 aromatic heterocycles. The van der Waals surface area contributed by atoms with Gasteiger partial charge in [-0.05, 0) is 43.3 Å². The van der Waals surface area contributed by atoms with Crippen LogP contribution in [0.3, 0.4) is 0 Å². The minimum Gasteiger partial charge on any atom is -0.494 e. The molecule has 0 saturated heterocycles. The van der Waals surface area contributed by atoms with Gasteiger partial charge in [-0.25, -0.2) is 0 Å². The van der Waals surface area contributed by atoms with Crippen molar-refractivity contribution in [1.82, 2.24) is 9.97 Å². The van der Waals surface area contributed by atoms with Crippen molar-refractivity contribution in [3.05, 3.63) is 89.9 Å². The summed E-state index contributed by atoms with van der Waals surface area (Å²) in [5.41, 5.74) is 3.43. The van der Waals surface area contributed by atoms with Gasteiger partial charge in [-0.15, -0.1) is 0 Å². The molecule has 0 spiro atoms. The Balaban J connectivity index is 1.55. The number of aryl methyl sites for hydroxylation is 1. The molecule has 154 valence electrons. The number of methoxy groups -OCH3 is 1. The topological polar surface area (TPSA) is 93.2 Å². The second kappa shape index (κ2) is 8.62. The molecule has 4 aromatic rings. The van der Waals surface area contributed by atoms with E-state index in [1.165, 1.54) is 13.3 Å². The Kier molecular flexibility index (Phi) is 5.57. The lowest BCUT2D eigenvalue weighted by Crippen LogP contribution is -2.15. The number of rotatable bonds is 5. The molecule has 0 aliphatic rings. The van der Waals surface area contributed by atoms with E-state index >= 15 is 0 Å². The first-order valence-corrected chi connectivity index (χ1v) is 9.62. The van der Waals surface area contributed by atoms with Crippen LogP contribution < -0.4 is 15.4 Å². The number of para-hydroxylation sites is 1. The number of amides is 2. The third kappa shape index (κ3) is 4.35. The molecular formula is C24H20N4O3.